The molecule has 1 fully saturated rings. The number of rotatable bonds is 5. The molecule has 1 atom stereocenters. The molecule has 0 spiro atoms. The van der Waals surface area contributed by atoms with E-state index in [9.17, 15) is 4.79 Å². The second kappa shape index (κ2) is 8.48. The molecular weight excluding hydrogens is 344 g/mol. The van der Waals surface area contributed by atoms with E-state index in [-0.39, 0.29) is 5.91 Å². The highest BCUT2D eigenvalue weighted by Crippen LogP contribution is 2.30. The van der Waals surface area contributed by atoms with Crippen LogP contribution in [0.2, 0.25) is 0 Å². The zero-order valence-electron chi connectivity index (χ0n) is 17.2. The Morgan fingerprint density at radius 1 is 1.07 bits per heavy atom. The van der Waals surface area contributed by atoms with E-state index in [1.807, 2.05) is 18.2 Å². The fraction of sp³-hybridized carbons (Fsp3) is 0.480. The third kappa shape index (κ3) is 4.30. The maximum atomic E-state index is 12.4. The highest BCUT2D eigenvalue weighted by Gasteiger charge is 2.26. The van der Waals surface area contributed by atoms with Gasteiger partial charge in [0.1, 0.15) is 0 Å². The van der Waals surface area contributed by atoms with Gasteiger partial charge in [-0.1, -0.05) is 44.2 Å². The molecule has 4 rings (SSSR count). The van der Waals surface area contributed by atoms with Crippen LogP contribution in [0.15, 0.2) is 42.5 Å². The Balaban J connectivity index is 1.50. The monoisotopic (exact) mass is 376 g/mol. The second-order valence-corrected chi connectivity index (χ2v) is 8.81. The number of likely N-dealkylation sites (tertiary alicyclic amines) is 1. The van der Waals surface area contributed by atoms with Crippen molar-refractivity contribution in [3.8, 4) is 11.1 Å². The summed E-state index contributed by atoms with van der Waals surface area (Å²) in [5.74, 6) is 0.471. The Hall–Kier alpha value is -2.13. The summed E-state index contributed by atoms with van der Waals surface area (Å²) in [5.41, 5.74) is 6.09. The first-order valence-electron chi connectivity index (χ1n) is 10.8. The van der Waals surface area contributed by atoms with E-state index in [0.29, 0.717) is 12.5 Å². The summed E-state index contributed by atoms with van der Waals surface area (Å²) < 4.78 is 0. The molecule has 2 aromatic rings. The van der Waals surface area contributed by atoms with Crippen LogP contribution in [0.3, 0.4) is 0 Å². The third-order valence-electron chi connectivity index (χ3n) is 6.19. The summed E-state index contributed by atoms with van der Waals surface area (Å²) in [6.07, 6.45) is 6.35. The van der Waals surface area contributed by atoms with Crippen molar-refractivity contribution in [3.05, 3.63) is 59.2 Å². The summed E-state index contributed by atoms with van der Waals surface area (Å²) in [6.45, 7) is 7.49. The van der Waals surface area contributed by atoms with Crippen LogP contribution in [0.1, 0.15) is 54.6 Å². The van der Waals surface area contributed by atoms with Gasteiger partial charge in [-0.15, -0.1) is 0 Å². The molecule has 0 aromatic heterocycles. The second-order valence-electron chi connectivity index (χ2n) is 8.81. The van der Waals surface area contributed by atoms with E-state index in [4.69, 9.17) is 0 Å². The first kappa shape index (κ1) is 19.2. The summed E-state index contributed by atoms with van der Waals surface area (Å²) in [5, 5.41) is 3.01. The van der Waals surface area contributed by atoms with Crippen LogP contribution in [0.5, 0.6) is 0 Å². The summed E-state index contributed by atoms with van der Waals surface area (Å²) in [4.78, 5) is 15.1. The van der Waals surface area contributed by atoms with Crippen molar-refractivity contribution in [1.82, 2.24) is 10.2 Å². The fourth-order valence-corrected chi connectivity index (χ4v) is 4.57. The Morgan fingerprint density at radius 3 is 2.64 bits per heavy atom. The van der Waals surface area contributed by atoms with Crippen molar-refractivity contribution in [3.63, 3.8) is 0 Å². The van der Waals surface area contributed by atoms with Crippen LogP contribution in [0, 0.1) is 5.92 Å². The van der Waals surface area contributed by atoms with E-state index in [0.717, 1.165) is 17.2 Å². The number of aryl methyl sites for hydroxylation is 1. The van der Waals surface area contributed by atoms with Crippen molar-refractivity contribution >= 4 is 5.91 Å². The summed E-state index contributed by atoms with van der Waals surface area (Å²) in [7, 11) is 0. The standard InChI is InChI=1S/C25H32N2O/c1-18(2)17-26-25(28)23-7-5-6-19(15-23)20-8-9-22-16-24(11-10-21(22)14-20)27-12-3-4-13-27/h5-9,14-15,18,24H,3-4,10-13,16-17H2,1-2H3,(H,26,28). The van der Waals surface area contributed by atoms with Crippen molar-refractivity contribution in [2.45, 2.75) is 52.0 Å². The van der Waals surface area contributed by atoms with E-state index in [2.05, 4.69) is 48.3 Å². The lowest BCUT2D eigenvalue weighted by atomic mass is 9.85. The number of fused-ring (bicyclic) bond motifs is 1. The van der Waals surface area contributed by atoms with Gasteiger partial charge in [0, 0.05) is 18.2 Å². The summed E-state index contributed by atoms with van der Waals surface area (Å²) in [6, 6.07) is 15.6. The zero-order valence-corrected chi connectivity index (χ0v) is 17.2. The fourth-order valence-electron chi connectivity index (χ4n) is 4.57. The molecule has 0 bridgehead atoms. The molecule has 1 aliphatic carbocycles. The quantitative estimate of drug-likeness (QED) is 0.821. The van der Waals surface area contributed by atoms with Gasteiger partial charge in [-0.25, -0.2) is 0 Å². The molecule has 3 nitrogen and oxygen atoms in total. The van der Waals surface area contributed by atoms with Gasteiger partial charge in [-0.05, 0) is 85.5 Å². The Labute approximate surface area is 169 Å². The lowest BCUT2D eigenvalue weighted by molar-refractivity contribution is 0.0949. The number of amides is 1. The molecule has 2 aliphatic rings. The minimum atomic E-state index is 0.0157. The van der Waals surface area contributed by atoms with Gasteiger partial charge in [-0.3, -0.25) is 4.79 Å². The van der Waals surface area contributed by atoms with Gasteiger partial charge in [0.2, 0.25) is 0 Å². The van der Waals surface area contributed by atoms with Gasteiger partial charge in [0.25, 0.3) is 5.91 Å². The van der Waals surface area contributed by atoms with Crippen molar-refractivity contribution in [1.29, 1.82) is 0 Å². The first-order chi connectivity index (χ1) is 13.6. The number of carbonyl (C=O) groups excluding carboxylic acids is 1. The minimum Gasteiger partial charge on any atom is -0.352 e. The number of nitrogens with zero attached hydrogens (tertiary/aromatic N) is 1. The summed E-state index contributed by atoms with van der Waals surface area (Å²) >= 11 is 0. The Kier molecular flexibility index (Phi) is 5.82. The molecule has 1 N–H and O–H groups in total. The molecule has 3 heteroatoms. The largest absolute Gasteiger partial charge is 0.352 e. The van der Waals surface area contributed by atoms with Crippen LogP contribution in [0.25, 0.3) is 11.1 Å². The highest BCUT2D eigenvalue weighted by molar-refractivity contribution is 5.95. The number of nitrogens with one attached hydrogen (secondary N) is 1. The predicted octanol–water partition coefficient (Wildman–Crippen LogP) is 4.69. The molecule has 0 saturated carbocycles. The number of carbonyl (C=O) groups is 1. The smallest absolute Gasteiger partial charge is 0.251 e. The number of hydrogen-bond acceptors (Lipinski definition) is 2. The molecule has 1 aliphatic heterocycles. The van der Waals surface area contributed by atoms with Gasteiger partial charge in [0.15, 0.2) is 0 Å². The molecule has 28 heavy (non-hydrogen) atoms. The van der Waals surface area contributed by atoms with E-state index in [1.54, 1.807) is 0 Å². The molecule has 1 amide bonds. The minimum absolute atomic E-state index is 0.0157. The van der Waals surface area contributed by atoms with Crippen molar-refractivity contribution < 1.29 is 4.79 Å². The van der Waals surface area contributed by atoms with Crippen LogP contribution in [-0.2, 0) is 12.8 Å². The lowest BCUT2D eigenvalue weighted by Gasteiger charge is -2.32. The normalized spacial score (nSPS) is 19.6. The third-order valence-corrected chi connectivity index (χ3v) is 6.19. The Bertz CT molecular complexity index is 836. The van der Waals surface area contributed by atoms with Crippen LogP contribution >= 0.6 is 0 Å². The SMILES string of the molecule is CC(C)CNC(=O)c1cccc(-c2ccc3c(c2)CCC(N2CCCC2)C3)c1. The van der Waals surface area contributed by atoms with Crippen molar-refractivity contribution in [2.75, 3.05) is 19.6 Å². The first-order valence-corrected chi connectivity index (χ1v) is 10.8. The molecule has 0 radical (unpaired) electrons. The van der Waals surface area contributed by atoms with E-state index >= 15 is 0 Å². The number of benzene rings is 2. The number of hydrogen-bond donors (Lipinski definition) is 1. The molecule has 2 aromatic carbocycles. The van der Waals surface area contributed by atoms with Crippen LogP contribution in [0.4, 0.5) is 0 Å². The lowest BCUT2D eigenvalue weighted by Crippen LogP contribution is -2.37. The highest BCUT2D eigenvalue weighted by atomic mass is 16.1. The van der Waals surface area contributed by atoms with Crippen LogP contribution < -0.4 is 5.32 Å². The average molecular weight is 377 g/mol. The van der Waals surface area contributed by atoms with Gasteiger partial charge in [-0.2, -0.15) is 0 Å². The predicted molar refractivity (Wildman–Crippen MR) is 116 cm³/mol. The molecule has 1 heterocycles. The van der Waals surface area contributed by atoms with Crippen LogP contribution in [-0.4, -0.2) is 36.5 Å². The molecule has 1 unspecified atom stereocenters. The van der Waals surface area contributed by atoms with Gasteiger partial charge >= 0.3 is 0 Å². The molecular formula is C25H32N2O. The Morgan fingerprint density at radius 2 is 1.86 bits per heavy atom. The maximum Gasteiger partial charge on any atom is 0.251 e. The maximum absolute atomic E-state index is 12.4. The zero-order chi connectivity index (χ0) is 19.5. The molecule has 1 saturated heterocycles. The van der Waals surface area contributed by atoms with Gasteiger partial charge < -0.3 is 10.2 Å². The van der Waals surface area contributed by atoms with E-state index in [1.165, 1.54) is 61.9 Å². The average Bonchev–Trinajstić information content (AvgIpc) is 3.26. The van der Waals surface area contributed by atoms with Crippen molar-refractivity contribution in [2.24, 2.45) is 5.92 Å². The molecule has 148 valence electrons. The van der Waals surface area contributed by atoms with E-state index < -0.39 is 0 Å². The van der Waals surface area contributed by atoms with Gasteiger partial charge in [0.05, 0.1) is 0 Å². The topological polar surface area (TPSA) is 32.3 Å².